The lowest BCUT2D eigenvalue weighted by molar-refractivity contribution is -0.384. The minimum Gasteiger partial charge on any atom is -0.394 e. The number of amides is 1. The molecule has 1 aromatic carbocycles. The Kier molecular flexibility index (Phi) is 5.60. The molecule has 0 spiro atoms. The van der Waals surface area contributed by atoms with Gasteiger partial charge in [0.15, 0.2) is 0 Å². The smallest absolute Gasteiger partial charge is 0.270 e. The van der Waals surface area contributed by atoms with Gasteiger partial charge in [0.1, 0.15) is 0 Å². The van der Waals surface area contributed by atoms with Gasteiger partial charge in [0.25, 0.3) is 11.6 Å². The number of rotatable bonds is 7. The van der Waals surface area contributed by atoms with Gasteiger partial charge in [-0.1, -0.05) is 19.4 Å². The number of non-ortho nitro benzene ring substituents is 1. The molecule has 0 aromatic heterocycles. The molecule has 0 fully saturated rings. The highest BCUT2D eigenvalue weighted by atomic mass is 16.6. The van der Waals surface area contributed by atoms with E-state index < -0.39 is 29.6 Å². The number of nitrogens with one attached hydrogen (secondary N) is 1. The Morgan fingerprint density at radius 3 is 2.55 bits per heavy atom. The zero-order valence-electron chi connectivity index (χ0n) is 11.2. The average Bonchev–Trinajstić information content (AvgIpc) is 2.46. The van der Waals surface area contributed by atoms with Gasteiger partial charge in [-0.3, -0.25) is 14.9 Å². The molecule has 110 valence electrons. The van der Waals surface area contributed by atoms with Gasteiger partial charge in [0.2, 0.25) is 0 Å². The van der Waals surface area contributed by atoms with Crippen LogP contribution in [-0.2, 0) is 0 Å². The number of aliphatic hydroxyl groups is 2. The summed E-state index contributed by atoms with van der Waals surface area (Å²) in [5.41, 5.74) is -1.19. The normalized spacial score (nSPS) is 11.2. The highest BCUT2D eigenvalue weighted by Crippen LogP contribution is 2.16. The fourth-order valence-electron chi connectivity index (χ4n) is 1.90. The van der Waals surface area contributed by atoms with Gasteiger partial charge in [-0.05, 0) is 12.5 Å². The maximum Gasteiger partial charge on any atom is 0.270 e. The average molecular weight is 282 g/mol. The van der Waals surface area contributed by atoms with Crippen molar-refractivity contribution in [2.45, 2.75) is 25.3 Å². The zero-order chi connectivity index (χ0) is 15.2. The fourth-order valence-corrected chi connectivity index (χ4v) is 1.90. The van der Waals surface area contributed by atoms with E-state index in [0.717, 1.165) is 6.07 Å². The second-order valence-corrected chi connectivity index (χ2v) is 4.61. The second-order valence-electron chi connectivity index (χ2n) is 4.61. The van der Waals surface area contributed by atoms with Crippen LogP contribution < -0.4 is 5.32 Å². The van der Waals surface area contributed by atoms with Gasteiger partial charge in [0.05, 0.1) is 23.7 Å². The number of benzene rings is 1. The number of nitro groups is 1. The van der Waals surface area contributed by atoms with Crippen LogP contribution >= 0.6 is 0 Å². The van der Waals surface area contributed by atoms with Crippen LogP contribution in [0.1, 0.15) is 30.1 Å². The minimum atomic E-state index is -1.11. The summed E-state index contributed by atoms with van der Waals surface area (Å²) < 4.78 is 0. The topological polar surface area (TPSA) is 113 Å². The third-order valence-corrected chi connectivity index (χ3v) is 3.03. The molecular weight excluding hydrogens is 264 g/mol. The lowest BCUT2D eigenvalue weighted by Gasteiger charge is -2.30. The molecule has 7 nitrogen and oxygen atoms in total. The first-order chi connectivity index (χ1) is 9.48. The van der Waals surface area contributed by atoms with Crippen LogP contribution in [0.3, 0.4) is 0 Å². The summed E-state index contributed by atoms with van der Waals surface area (Å²) in [6.45, 7) is 1.05. The van der Waals surface area contributed by atoms with Gasteiger partial charge in [0, 0.05) is 17.7 Å². The molecule has 0 radical (unpaired) electrons. The SMILES string of the molecule is CCCC(CO)(CO)NC(=O)c1cccc([N+](=O)[O-])c1. The first kappa shape index (κ1) is 16.1. The Labute approximate surface area is 116 Å². The molecule has 0 saturated heterocycles. The molecule has 0 heterocycles. The van der Waals surface area contributed by atoms with E-state index in [1.807, 2.05) is 6.92 Å². The van der Waals surface area contributed by atoms with Crippen molar-refractivity contribution in [2.75, 3.05) is 13.2 Å². The van der Waals surface area contributed by atoms with Crippen LogP contribution in [0.4, 0.5) is 5.69 Å². The molecule has 1 aromatic rings. The van der Waals surface area contributed by atoms with Crippen LogP contribution in [0.15, 0.2) is 24.3 Å². The number of aliphatic hydroxyl groups excluding tert-OH is 2. The number of carbonyl (C=O) groups is 1. The summed E-state index contributed by atoms with van der Waals surface area (Å²) in [5, 5.41) is 31.9. The van der Waals surface area contributed by atoms with E-state index in [4.69, 9.17) is 0 Å². The lowest BCUT2D eigenvalue weighted by Crippen LogP contribution is -2.54. The fraction of sp³-hybridized carbons (Fsp3) is 0.462. The number of hydrogen-bond donors (Lipinski definition) is 3. The Bertz CT molecular complexity index is 485. The first-order valence-corrected chi connectivity index (χ1v) is 6.26. The van der Waals surface area contributed by atoms with E-state index in [1.165, 1.54) is 18.2 Å². The predicted molar refractivity (Wildman–Crippen MR) is 72.4 cm³/mol. The number of nitrogens with zero attached hydrogens (tertiary/aromatic N) is 1. The molecule has 3 N–H and O–H groups in total. The van der Waals surface area contributed by atoms with Gasteiger partial charge >= 0.3 is 0 Å². The molecule has 0 bridgehead atoms. The summed E-state index contributed by atoms with van der Waals surface area (Å²) in [4.78, 5) is 22.2. The number of carbonyl (C=O) groups excluding carboxylic acids is 1. The molecule has 0 unspecified atom stereocenters. The van der Waals surface area contributed by atoms with E-state index in [2.05, 4.69) is 5.32 Å². The van der Waals surface area contributed by atoms with Crippen molar-refractivity contribution in [2.24, 2.45) is 0 Å². The molecule has 0 atom stereocenters. The van der Waals surface area contributed by atoms with Crippen molar-refractivity contribution in [3.05, 3.63) is 39.9 Å². The monoisotopic (exact) mass is 282 g/mol. The summed E-state index contributed by atoms with van der Waals surface area (Å²) >= 11 is 0. The van der Waals surface area contributed by atoms with Crippen molar-refractivity contribution in [3.63, 3.8) is 0 Å². The van der Waals surface area contributed by atoms with Crippen molar-refractivity contribution < 1.29 is 19.9 Å². The predicted octanol–water partition coefficient (Wildman–Crippen LogP) is 0.848. The minimum absolute atomic E-state index is 0.113. The van der Waals surface area contributed by atoms with Crippen molar-refractivity contribution >= 4 is 11.6 Å². The Hall–Kier alpha value is -1.99. The molecule has 1 amide bonds. The van der Waals surface area contributed by atoms with Crippen LogP contribution in [-0.4, -0.2) is 39.8 Å². The summed E-state index contributed by atoms with van der Waals surface area (Å²) in [6.07, 6.45) is 1.07. The van der Waals surface area contributed by atoms with Crippen LogP contribution in [0.2, 0.25) is 0 Å². The van der Waals surface area contributed by atoms with Crippen molar-refractivity contribution in [1.82, 2.24) is 5.32 Å². The molecule has 0 aliphatic carbocycles. The maximum atomic E-state index is 12.1. The van der Waals surface area contributed by atoms with Crippen LogP contribution in [0.5, 0.6) is 0 Å². The molecular formula is C13H18N2O5. The third-order valence-electron chi connectivity index (χ3n) is 3.03. The van der Waals surface area contributed by atoms with E-state index in [9.17, 15) is 25.1 Å². The molecule has 7 heteroatoms. The van der Waals surface area contributed by atoms with E-state index >= 15 is 0 Å². The highest BCUT2D eigenvalue weighted by molar-refractivity contribution is 5.95. The van der Waals surface area contributed by atoms with E-state index in [0.29, 0.717) is 12.8 Å². The van der Waals surface area contributed by atoms with Gasteiger partial charge in [-0.2, -0.15) is 0 Å². The maximum absolute atomic E-state index is 12.1. The van der Waals surface area contributed by atoms with Gasteiger partial charge < -0.3 is 15.5 Å². The van der Waals surface area contributed by atoms with Crippen LogP contribution in [0.25, 0.3) is 0 Å². The number of hydrogen-bond acceptors (Lipinski definition) is 5. The van der Waals surface area contributed by atoms with Crippen molar-refractivity contribution in [3.8, 4) is 0 Å². The van der Waals surface area contributed by atoms with Crippen molar-refractivity contribution in [1.29, 1.82) is 0 Å². The number of nitro benzene ring substituents is 1. The van der Waals surface area contributed by atoms with E-state index in [1.54, 1.807) is 0 Å². The Morgan fingerprint density at radius 2 is 2.05 bits per heavy atom. The second kappa shape index (κ2) is 6.97. The third kappa shape index (κ3) is 3.75. The Balaban J connectivity index is 2.94. The highest BCUT2D eigenvalue weighted by Gasteiger charge is 2.30. The lowest BCUT2D eigenvalue weighted by atomic mass is 9.95. The molecule has 0 saturated carbocycles. The summed E-state index contributed by atoms with van der Waals surface area (Å²) in [6, 6.07) is 5.29. The summed E-state index contributed by atoms with van der Waals surface area (Å²) in [7, 11) is 0. The summed E-state index contributed by atoms with van der Waals surface area (Å²) in [5.74, 6) is -0.565. The van der Waals surface area contributed by atoms with Gasteiger partial charge in [-0.15, -0.1) is 0 Å². The molecule has 1 rings (SSSR count). The molecule has 0 aliphatic heterocycles. The van der Waals surface area contributed by atoms with Gasteiger partial charge in [-0.25, -0.2) is 0 Å². The Morgan fingerprint density at radius 1 is 1.40 bits per heavy atom. The molecule has 20 heavy (non-hydrogen) atoms. The largest absolute Gasteiger partial charge is 0.394 e. The molecule has 0 aliphatic rings. The van der Waals surface area contributed by atoms with E-state index in [-0.39, 0.29) is 11.3 Å². The standard InChI is InChI=1S/C13H18N2O5/c1-2-6-13(8-16,9-17)14-12(18)10-4-3-5-11(7-10)15(19)20/h3-5,7,16-17H,2,6,8-9H2,1H3,(H,14,18). The quantitative estimate of drug-likeness (QED) is 0.507. The first-order valence-electron chi connectivity index (χ1n) is 6.26. The zero-order valence-corrected chi connectivity index (χ0v) is 11.2. The van der Waals surface area contributed by atoms with Crippen LogP contribution in [0, 0.1) is 10.1 Å².